The fraction of sp³-hybridized carbons (Fsp3) is 0.333. The van der Waals surface area contributed by atoms with E-state index in [9.17, 15) is 5.11 Å². The lowest BCUT2D eigenvalue weighted by atomic mass is 9.85. The molecule has 2 unspecified atom stereocenters. The summed E-state index contributed by atoms with van der Waals surface area (Å²) < 4.78 is 16.5. The second-order valence-corrected chi connectivity index (χ2v) is 5.69. The molecule has 122 valence electrons. The maximum atomic E-state index is 9.82. The van der Waals surface area contributed by atoms with E-state index in [0.717, 1.165) is 16.7 Å². The number of fused-ring (bicyclic) bond motifs is 1. The van der Waals surface area contributed by atoms with Crippen molar-refractivity contribution in [2.24, 2.45) is 5.73 Å². The Morgan fingerprint density at radius 1 is 1.13 bits per heavy atom. The van der Waals surface area contributed by atoms with Gasteiger partial charge < -0.3 is 25.1 Å². The summed E-state index contributed by atoms with van der Waals surface area (Å²) >= 11 is 0. The Balaban J connectivity index is 1.98. The molecule has 0 radical (unpaired) electrons. The van der Waals surface area contributed by atoms with Crippen LogP contribution in [0.1, 0.15) is 28.7 Å². The molecular formula is C18H21NO4. The molecule has 0 amide bonds. The molecule has 5 heteroatoms. The van der Waals surface area contributed by atoms with E-state index in [0.29, 0.717) is 23.9 Å². The van der Waals surface area contributed by atoms with E-state index in [1.165, 1.54) is 0 Å². The van der Waals surface area contributed by atoms with Crippen LogP contribution >= 0.6 is 0 Å². The van der Waals surface area contributed by atoms with Crippen molar-refractivity contribution < 1.29 is 19.3 Å². The molecule has 2 atom stereocenters. The van der Waals surface area contributed by atoms with E-state index in [2.05, 4.69) is 0 Å². The monoisotopic (exact) mass is 315 g/mol. The van der Waals surface area contributed by atoms with Gasteiger partial charge in [-0.2, -0.15) is 0 Å². The minimum Gasteiger partial charge on any atom is -0.508 e. The second kappa shape index (κ2) is 6.01. The Morgan fingerprint density at radius 3 is 2.57 bits per heavy atom. The number of hydrogen-bond acceptors (Lipinski definition) is 5. The van der Waals surface area contributed by atoms with Gasteiger partial charge in [0, 0.05) is 23.1 Å². The van der Waals surface area contributed by atoms with E-state index in [1.54, 1.807) is 20.3 Å². The van der Waals surface area contributed by atoms with Crippen molar-refractivity contribution >= 4 is 0 Å². The van der Waals surface area contributed by atoms with Crippen molar-refractivity contribution in [1.82, 2.24) is 0 Å². The third-order valence-corrected chi connectivity index (χ3v) is 4.44. The third-order valence-electron chi connectivity index (χ3n) is 4.44. The van der Waals surface area contributed by atoms with Gasteiger partial charge in [0.25, 0.3) is 0 Å². The van der Waals surface area contributed by atoms with E-state index in [1.807, 2.05) is 31.2 Å². The Kier molecular flexibility index (Phi) is 4.05. The highest BCUT2D eigenvalue weighted by Gasteiger charge is 2.31. The van der Waals surface area contributed by atoms with Crippen LogP contribution < -0.4 is 19.9 Å². The first-order valence-corrected chi connectivity index (χ1v) is 7.49. The highest BCUT2D eigenvalue weighted by Crippen LogP contribution is 2.44. The maximum Gasteiger partial charge on any atom is 0.161 e. The number of methoxy groups -OCH3 is 2. The van der Waals surface area contributed by atoms with Crippen LogP contribution in [0.2, 0.25) is 0 Å². The quantitative estimate of drug-likeness (QED) is 0.911. The van der Waals surface area contributed by atoms with Crippen LogP contribution in [0, 0.1) is 6.92 Å². The number of phenols is 1. The first kappa shape index (κ1) is 15.5. The van der Waals surface area contributed by atoms with Gasteiger partial charge in [0.1, 0.15) is 11.5 Å². The largest absolute Gasteiger partial charge is 0.508 e. The van der Waals surface area contributed by atoms with Crippen LogP contribution in [-0.4, -0.2) is 25.9 Å². The van der Waals surface area contributed by atoms with Gasteiger partial charge in [-0.15, -0.1) is 0 Å². The van der Waals surface area contributed by atoms with Gasteiger partial charge in [0.2, 0.25) is 0 Å². The van der Waals surface area contributed by atoms with Crippen molar-refractivity contribution in [2.45, 2.75) is 18.9 Å². The Bertz CT molecular complexity index is 729. The maximum absolute atomic E-state index is 9.82. The molecule has 0 aromatic heterocycles. The number of nitrogens with two attached hydrogens (primary N) is 1. The van der Waals surface area contributed by atoms with Crippen molar-refractivity contribution in [1.29, 1.82) is 0 Å². The molecule has 0 bridgehead atoms. The summed E-state index contributed by atoms with van der Waals surface area (Å²) in [4.78, 5) is 0. The Morgan fingerprint density at radius 2 is 1.87 bits per heavy atom. The molecule has 1 heterocycles. The topological polar surface area (TPSA) is 73.9 Å². The van der Waals surface area contributed by atoms with Crippen LogP contribution in [0.4, 0.5) is 0 Å². The smallest absolute Gasteiger partial charge is 0.161 e. The minimum atomic E-state index is -0.212. The van der Waals surface area contributed by atoms with Crippen LogP contribution in [0.15, 0.2) is 30.3 Å². The third kappa shape index (κ3) is 2.57. The number of benzene rings is 2. The van der Waals surface area contributed by atoms with Crippen LogP contribution in [0.25, 0.3) is 0 Å². The van der Waals surface area contributed by atoms with Crippen molar-refractivity contribution in [2.75, 3.05) is 20.8 Å². The van der Waals surface area contributed by atoms with Gasteiger partial charge in [-0.3, -0.25) is 0 Å². The average molecular weight is 315 g/mol. The first-order valence-electron chi connectivity index (χ1n) is 7.49. The molecule has 0 aliphatic carbocycles. The first-order chi connectivity index (χ1) is 11.1. The van der Waals surface area contributed by atoms with Crippen LogP contribution in [-0.2, 0) is 0 Å². The number of phenolic OH excluding ortho intramolecular Hbond substituents is 1. The van der Waals surface area contributed by atoms with Gasteiger partial charge in [0.15, 0.2) is 11.5 Å². The molecule has 3 N–H and O–H groups in total. The summed E-state index contributed by atoms with van der Waals surface area (Å²) in [5, 5.41) is 9.82. The van der Waals surface area contributed by atoms with Gasteiger partial charge in [0.05, 0.1) is 20.8 Å². The molecule has 23 heavy (non-hydrogen) atoms. The summed E-state index contributed by atoms with van der Waals surface area (Å²) in [5.41, 5.74) is 9.14. The zero-order chi connectivity index (χ0) is 16.6. The molecule has 5 nitrogen and oxygen atoms in total. The molecule has 1 aliphatic rings. The highest BCUT2D eigenvalue weighted by atomic mass is 16.5. The van der Waals surface area contributed by atoms with Crippen LogP contribution in [0.3, 0.4) is 0 Å². The van der Waals surface area contributed by atoms with Crippen molar-refractivity contribution in [3.05, 3.63) is 47.0 Å². The number of hydrogen-bond donors (Lipinski definition) is 2. The van der Waals surface area contributed by atoms with Crippen LogP contribution in [0.5, 0.6) is 23.0 Å². The highest BCUT2D eigenvalue weighted by molar-refractivity contribution is 5.53. The fourth-order valence-corrected chi connectivity index (χ4v) is 3.04. The zero-order valence-corrected chi connectivity index (χ0v) is 13.5. The second-order valence-electron chi connectivity index (χ2n) is 5.69. The molecule has 0 spiro atoms. The molecular weight excluding hydrogens is 294 g/mol. The fourth-order valence-electron chi connectivity index (χ4n) is 3.04. The summed E-state index contributed by atoms with van der Waals surface area (Å²) in [7, 11) is 3.22. The average Bonchev–Trinajstić information content (AvgIpc) is 2.58. The van der Waals surface area contributed by atoms with Gasteiger partial charge in [-0.1, -0.05) is 12.1 Å². The zero-order valence-electron chi connectivity index (χ0n) is 13.5. The standard InChI is InChI=1S/C18H21NO4/c1-10-14(20)6-5-12-17(19)13(9-23-18(10)12)11-4-7-15(21-2)16(8-11)22-3/h4-8,13,17,20H,9,19H2,1-3H3. The molecule has 3 rings (SSSR count). The van der Waals surface area contributed by atoms with E-state index in [4.69, 9.17) is 19.9 Å². The predicted octanol–water partition coefficient (Wildman–Crippen LogP) is 2.89. The molecule has 0 saturated heterocycles. The number of ether oxygens (including phenoxy) is 3. The lowest BCUT2D eigenvalue weighted by Gasteiger charge is -2.32. The molecule has 1 aliphatic heterocycles. The molecule has 0 saturated carbocycles. The predicted molar refractivity (Wildman–Crippen MR) is 87.6 cm³/mol. The van der Waals surface area contributed by atoms with Crippen molar-refractivity contribution in [3.8, 4) is 23.0 Å². The SMILES string of the molecule is COc1ccc(C2COc3c(ccc(O)c3C)C2N)cc1OC. The van der Waals surface area contributed by atoms with E-state index in [-0.39, 0.29) is 17.7 Å². The minimum absolute atomic E-state index is 0.00579. The summed E-state index contributed by atoms with van der Waals surface area (Å²) in [6, 6.07) is 9.07. The number of rotatable bonds is 3. The van der Waals surface area contributed by atoms with E-state index < -0.39 is 0 Å². The Hall–Kier alpha value is -2.40. The lowest BCUT2D eigenvalue weighted by molar-refractivity contribution is 0.236. The normalized spacial score (nSPS) is 19.7. The molecule has 2 aromatic rings. The lowest BCUT2D eigenvalue weighted by Crippen LogP contribution is -2.30. The summed E-state index contributed by atoms with van der Waals surface area (Å²) in [6.07, 6.45) is 0. The molecule has 0 fully saturated rings. The summed E-state index contributed by atoms with van der Waals surface area (Å²) in [5.74, 6) is 2.27. The molecule has 2 aromatic carbocycles. The number of aromatic hydroxyl groups is 1. The van der Waals surface area contributed by atoms with Gasteiger partial charge in [-0.05, 0) is 30.7 Å². The van der Waals surface area contributed by atoms with Crippen molar-refractivity contribution in [3.63, 3.8) is 0 Å². The Labute approximate surface area is 135 Å². The summed E-state index contributed by atoms with van der Waals surface area (Å²) in [6.45, 7) is 2.28. The van der Waals surface area contributed by atoms with Gasteiger partial charge in [-0.25, -0.2) is 0 Å². The van der Waals surface area contributed by atoms with Gasteiger partial charge >= 0.3 is 0 Å². The van der Waals surface area contributed by atoms with E-state index >= 15 is 0 Å².